The number of methoxy groups -OCH3 is 1. The Bertz CT molecular complexity index is 1800. The first-order valence-corrected chi connectivity index (χ1v) is 20.8. The molecule has 1 N–H and O–H groups in total. The van der Waals surface area contributed by atoms with Crippen molar-refractivity contribution in [3.63, 3.8) is 0 Å². The van der Waals surface area contributed by atoms with Crippen LogP contribution < -0.4 is 14.4 Å². The van der Waals surface area contributed by atoms with E-state index in [1.165, 1.54) is 11.1 Å². The quantitative estimate of drug-likeness (QED) is 0.337. The average Bonchev–Trinajstić information content (AvgIpc) is 3.28. The van der Waals surface area contributed by atoms with Gasteiger partial charge in [0.2, 0.25) is 0 Å². The van der Waals surface area contributed by atoms with E-state index < -0.39 is 27.0 Å². The number of halogens is 1. The van der Waals surface area contributed by atoms with Gasteiger partial charge >= 0.3 is 0 Å². The Morgan fingerprint density at radius 2 is 1.96 bits per heavy atom. The van der Waals surface area contributed by atoms with Crippen molar-refractivity contribution in [1.29, 1.82) is 0 Å². The number of hydrogen-bond donors (Lipinski definition) is 1. The molecule has 1 saturated heterocycles. The van der Waals surface area contributed by atoms with Crippen LogP contribution in [0.15, 0.2) is 52.9 Å². The molecule has 2 fully saturated rings. The van der Waals surface area contributed by atoms with Gasteiger partial charge in [-0.3, -0.25) is 14.3 Å². The molecule has 1 spiro atoms. The Hall–Kier alpha value is -2.96. The maximum absolute atomic E-state index is 14.8. The minimum atomic E-state index is -3.57. The standard InChI is InChI=1S/C40H52ClN3O7S/c1-26-6-4-8-36(48-3)33-12-9-30(33)22-44-24-40(17-5-7-28-20-31(41)11-13-34(28)40)25-51-37-14-10-29(21-35(37)44)39(46)43-52(47,27(26)2)42-38(45)23-50-32-15-18-49-19-16-32/h4,8,10-11,13-14,20-21,26-27,30,32-33,36H,5-7,9,12,15-19,22-25H2,1-3H3,(H,42,43,45,46,47)/b8-4-/t26-,27+,30-,33+,36-,40-,52?/m0/s1. The molecule has 5 aliphatic rings. The number of amides is 2. The number of carbonyl (C=O) groups is 2. The minimum Gasteiger partial charge on any atom is -0.490 e. The molecule has 7 atom stereocenters. The summed E-state index contributed by atoms with van der Waals surface area (Å²) in [6.45, 7) is 6.65. The van der Waals surface area contributed by atoms with Gasteiger partial charge in [0.25, 0.3) is 11.8 Å². The van der Waals surface area contributed by atoms with Crippen LogP contribution in [0.25, 0.3) is 0 Å². The summed E-state index contributed by atoms with van der Waals surface area (Å²) in [5.41, 5.74) is 3.40. The van der Waals surface area contributed by atoms with Crippen molar-refractivity contribution >= 4 is 39.0 Å². The fraction of sp³-hybridized carbons (Fsp3) is 0.600. The monoisotopic (exact) mass is 753 g/mol. The van der Waals surface area contributed by atoms with Gasteiger partial charge < -0.3 is 23.8 Å². The number of nitrogens with zero attached hydrogens (tertiary/aromatic N) is 2. The molecule has 10 nitrogen and oxygen atoms in total. The van der Waals surface area contributed by atoms with Crippen molar-refractivity contribution in [2.24, 2.45) is 22.1 Å². The van der Waals surface area contributed by atoms with Crippen molar-refractivity contribution in [1.82, 2.24) is 4.72 Å². The highest BCUT2D eigenvalue weighted by Gasteiger charge is 2.44. The molecule has 0 aromatic heterocycles. The summed E-state index contributed by atoms with van der Waals surface area (Å²) in [7, 11) is -1.81. The summed E-state index contributed by atoms with van der Waals surface area (Å²) in [5, 5.41) is 0.101. The fourth-order valence-electron chi connectivity index (χ4n) is 8.72. The van der Waals surface area contributed by atoms with Crippen LogP contribution in [0.3, 0.4) is 0 Å². The Morgan fingerprint density at radius 1 is 1.13 bits per heavy atom. The summed E-state index contributed by atoms with van der Waals surface area (Å²) in [5.74, 6) is 0.0560. The van der Waals surface area contributed by atoms with Crippen molar-refractivity contribution in [3.8, 4) is 5.75 Å². The van der Waals surface area contributed by atoms with E-state index in [9.17, 15) is 13.8 Å². The van der Waals surface area contributed by atoms with Crippen molar-refractivity contribution in [3.05, 3.63) is 70.3 Å². The van der Waals surface area contributed by atoms with Gasteiger partial charge in [0.1, 0.15) is 22.3 Å². The molecule has 7 rings (SSSR count). The molecule has 3 heterocycles. The van der Waals surface area contributed by atoms with Crippen LogP contribution in [-0.2, 0) is 40.8 Å². The van der Waals surface area contributed by atoms with Crippen molar-refractivity contribution < 1.29 is 32.7 Å². The van der Waals surface area contributed by atoms with E-state index in [2.05, 4.69) is 38.3 Å². The minimum absolute atomic E-state index is 0.0626. The van der Waals surface area contributed by atoms with Gasteiger partial charge in [-0.2, -0.15) is 0 Å². The zero-order valence-electron chi connectivity index (χ0n) is 30.5. The first-order valence-electron chi connectivity index (χ1n) is 18.9. The molecule has 1 unspecified atom stereocenters. The van der Waals surface area contributed by atoms with Crippen LogP contribution in [-0.4, -0.2) is 80.1 Å². The van der Waals surface area contributed by atoms with Gasteiger partial charge in [0.05, 0.1) is 29.8 Å². The van der Waals surface area contributed by atoms with Crippen LogP contribution in [0, 0.1) is 17.8 Å². The Kier molecular flexibility index (Phi) is 11.3. The Labute approximate surface area is 313 Å². The van der Waals surface area contributed by atoms with E-state index >= 15 is 0 Å². The van der Waals surface area contributed by atoms with Gasteiger partial charge in [0, 0.05) is 49.4 Å². The van der Waals surface area contributed by atoms with Crippen LogP contribution in [0.4, 0.5) is 5.69 Å². The number of nitrogens with one attached hydrogen (secondary N) is 1. The third-order valence-corrected chi connectivity index (χ3v) is 14.8. The van der Waals surface area contributed by atoms with E-state index in [0.717, 1.165) is 49.4 Å². The zero-order chi connectivity index (χ0) is 36.5. The number of aryl methyl sites for hydroxylation is 1. The average molecular weight is 754 g/mol. The molecule has 2 aromatic rings. The number of rotatable bonds is 5. The summed E-state index contributed by atoms with van der Waals surface area (Å²) < 4.78 is 45.7. The number of anilines is 1. The summed E-state index contributed by atoms with van der Waals surface area (Å²) >= 11 is 6.46. The van der Waals surface area contributed by atoms with Gasteiger partial charge in [-0.1, -0.05) is 36.7 Å². The SMILES string of the molecule is CO[C@H]1/C=C\C[C@H](C)[C@@H](C)S(=O)(NC(=O)COC2CCOCC2)=NC(=O)c2ccc3c(c2)N(C[C@@H]2CC[C@H]21)C[C@@]1(CCCc2cc(Cl)ccc21)CO3. The number of allylic oxidation sites excluding steroid dienone is 1. The number of carbonyl (C=O) groups excluding carboxylic acids is 2. The van der Waals surface area contributed by atoms with Crippen molar-refractivity contribution in [2.45, 2.75) is 88.1 Å². The van der Waals surface area contributed by atoms with Gasteiger partial charge in [0.15, 0.2) is 0 Å². The second kappa shape index (κ2) is 15.8. The second-order valence-electron chi connectivity index (χ2n) is 15.4. The predicted molar refractivity (Wildman–Crippen MR) is 202 cm³/mol. The summed E-state index contributed by atoms with van der Waals surface area (Å²) in [6.07, 6.45) is 11.2. The lowest BCUT2D eigenvalue weighted by molar-refractivity contribution is -0.128. The zero-order valence-corrected chi connectivity index (χ0v) is 32.1. The molecular weight excluding hydrogens is 702 g/mol. The highest BCUT2D eigenvalue weighted by molar-refractivity contribution is 7.93. The fourth-order valence-corrected chi connectivity index (χ4v) is 10.8. The molecule has 12 heteroatoms. The highest BCUT2D eigenvalue weighted by Crippen LogP contribution is 2.47. The maximum atomic E-state index is 14.8. The largest absolute Gasteiger partial charge is 0.490 e. The number of ether oxygens (including phenoxy) is 4. The molecule has 52 heavy (non-hydrogen) atoms. The molecule has 3 aliphatic heterocycles. The molecule has 0 radical (unpaired) electrons. The second-order valence-corrected chi connectivity index (χ2v) is 18.2. The first kappa shape index (κ1) is 37.4. The van der Waals surface area contributed by atoms with E-state index in [0.29, 0.717) is 68.8 Å². The first-order chi connectivity index (χ1) is 25.1. The topological polar surface area (TPSA) is 116 Å². The van der Waals surface area contributed by atoms with E-state index in [-0.39, 0.29) is 30.1 Å². The lowest BCUT2D eigenvalue weighted by Gasteiger charge is -2.46. The lowest BCUT2D eigenvalue weighted by atomic mass is 9.68. The summed E-state index contributed by atoms with van der Waals surface area (Å²) in [4.78, 5) is 29.7. The predicted octanol–water partition coefficient (Wildman–Crippen LogP) is 6.67. The van der Waals surface area contributed by atoms with Gasteiger partial charge in [-0.25, -0.2) is 4.21 Å². The van der Waals surface area contributed by atoms with E-state index in [1.807, 2.05) is 25.1 Å². The van der Waals surface area contributed by atoms with E-state index in [4.69, 9.17) is 30.5 Å². The molecule has 2 bridgehead atoms. The summed E-state index contributed by atoms with van der Waals surface area (Å²) in [6, 6.07) is 11.6. The number of fused-ring (bicyclic) bond motifs is 4. The Morgan fingerprint density at radius 3 is 2.73 bits per heavy atom. The Balaban J connectivity index is 1.26. The molecular formula is C40H52ClN3O7S. The third-order valence-electron chi connectivity index (χ3n) is 12.1. The van der Waals surface area contributed by atoms with Crippen LogP contribution in [0.2, 0.25) is 5.02 Å². The van der Waals surface area contributed by atoms with E-state index in [1.54, 1.807) is 20.1 Å². The molecule has 2 amide bonds. The van der Waals surface area contributed by atoms with Crippen LogP contribution in [0.1, 0.15) is 80.3 Å². The maximum Gasteiger partial charge on any atom is 0.286 e. The van der Waals surface area contributed by atoms with Crippen LogP contribution in [0.5, 0.6) is 5.75 Å². The lowest BCUT2D eigenvalue weighted by Crippen LogP contribution is -2.49. The molecule has 1 saturated carbocycles. The third kappa shape index (κ3) is 7.80. The highest BCUT2D eigenvalue weighted by atomic mass is 35.5. The normalized spacial score (nSPS) is 33.0. The van der Waals surface area contributed by atoms with Gasteiger partial charge in [-0.15, -0.1) is 4.36 Å². The van der Waals surface area contributed by atoms with Crippen molar-refractivity contribution in [2.75, 3.05) is 51.5 Å². The molecule has 282 valence electrons. The molecule has 2 aromatic carbocycles. The number of hydrogen-bond acceptors (Lipinski definition) is 8. The molecule has 2 aliphatic carbocycles. The van der Waals surface area contributed by atoms with Crippen LogP contribution >= 0.6 is 11.6 Å². The smallest absolute Gasteiger partial charge is 0.286 e. The van der Waals surface area contributed by atoms with Gasteiger partial charge in [-0.05, 0) is 118 Å². The number of benzene rings is 2.